The number of allylic oxidation sites excluding steroid dienone is 8. The first-order chi connectivity index (χ1) is 11.5. The zero-order valence-electron chi connectivity index (χ0n) is 15.2. The summed E-state index contributed by atoms with van der Waals surface area (Å²) in [5.74, 6) is 0. The minimum absolute atomic E-state index is 1.23. The van der Waals surface area contributed by atoms with Gasteiger partial charge in [0.2, 0.25) is 0 Å². The van der Waals surface area contributed by atoms with Crippen molar-refractivity contribution in [2.24, 2.45) is 0 Å². The van der Waals surface area contributed by atoms with Crippen molar-refractivity contribution in [1.82, 2.24) is 0 Å². The van der Waals surface area contributed by atoms with Crippen LogP contribution in [-0.2, 0) is 0 Å². The van der Waals surface area contributed by atoms with Crippen molar-refractivity contribution < 1.29 is 0 Å². The molecule has 0 aliphatic heterocycles. The van der Waals surface area contributed by atoms with Crippen LogP contribution in [0.2, 0.25) is 0 Å². The first-order valence-corrected chi connectivity index (χ1v) is 10.1. The molecule has 0 bridgehead atoms. The van der Waals surface area contributed by atoms with Crippen LogP contribution in [-0.4, -0.2) is 0 Å². The highest BCUT2D eigenvalue weighted by Gasteiger charge is 1.93. The normalized spacial score (nSPS) is 25.4. The topological polar surface area (TPSA) is 0 Å². The van der Waals surface area contributed by atoms with Crippen LogP contribution < -0.4 is 0 Å². The summed E-state index contributed by atoms with van der Waals surface area (Å²) in [6, 6.07) is 0. The summed E-state index contributed by atoms with van der Waals surface area (Å²) in [6.07, 6.45) is 38.5. The first kappa shape index (κ1) is 20.0. The van der Waals surface area contributed by atoms with Gasteiger partial charge in [0, 0.05) is 0 Å². The molecule has 1 rings (SSSR count). The van der Waals surface area contributed by atoms with Gasteiger partial charge < -0.3 is 0 Å². The SMILES string of the molecule is C1=CCCCCCCCCCCCCCCC/C=C/C=C/C=C/1. The van der Waals surface area contributed by atoms with Crippen LogP contribution in [0, 0.1) is 0 Å². The Balaban J connectivity index is 2.21. The Hall–Kier alpha value is -1.04. The van der Waals surface area contributed by atoms with Crippen molar-refractivity contribution in [2.75, 3.05) is 0 Å². The van der Waals surface area contributed by atoms with Crippen LogP contribution in [0.4, 0.5) is 0 Å². The maximum absolute atomic E-state index is 2.30. The van der Waals surface area contributed by atoms with Crippen molar-refractivity contribution in [2.45, 2.75) is 96.3 Å². The van der Waals surface area contributed by atoms with Crippen LogP contribution in [0.25, 0.3) is 0 Å². The molecule has 0 N–H and O–H groups in total. The fourth-order valence-electron chi connectivity index (χ4n) is 3.08. The molecule has 0 atom stereocenters. The van der Waals surface area contributed by atoms with Gasteiger partial charge in [-0.1, -0.05) is 119 Å². The second-order valence-electron chi connectivity index (χ2n) is 6.80. The summed E-state index contributed by atoms with van der Waals surface area (Å²) in [5, 5.41) is 0. The molecular weight excluding hydrogens is 276 g/mol. The summed E-state index contributed by atoms with van der Waals surface area (Å²) < 4.78 is 0. The molecule has 0 nitrogen and oxygen atoms in total. The lowest BCUT2D eigenvalue weighted by Crippen LogP contribution is -1.83. The maximum Gasteiger partial charge on any atom is -0.0348 e. The predicted molar refractivity (Wildman–Crippen MR) is 106 cm³/mol. The second-order valence-corrected chi connectivity index (χ2v) is 6.80. The smallest absolute Gasteiger partial charge is 0.0348 e. The van der Waals surface area contributed by atoms with E-state index in [0.717, 1.165) is 0 Å². The molecule has 0 saturated heterocycles. The molecule has 0 aromatic carbocycles. The van der Waals surface area contributed by atoms with E-state index in [9.17, 15) is 0 Å². The average Bonchev–Trinajstić information content (AvgIpc) is 2.56. The van der Waals surface area contributed by atoms with E-state index in [4.69, 9.17) is 0 Å². The van der Waals surface area contributed by atoms with Crippen molar-refractivity contribution >= 4 is 0 Å². The highest BCUT2D eigenvalue weighted by atomic mass is 14.0. The maximum atomic E-state index is 2.30. The molecule has 1 aliphatic rings. The molecule has 0 spiro atoms. The van der Waals surface area contributed by atoms with E-state index < -0.39 is 0 Å². The Morgan fingerprint density at radius 1 is 0.261 bits per heavy atom. The number of hydrogen-bond donors (Lipinski definition) is 0. The van der Waals surface area contributed by atoms with E-state index in [1.165, 1.54) is 96.3 Å². The standard InChI is InChI=1S/C23H38/c1-2-4-6-8-10-12-14-16-18-20-22-23-21-19-17-15-13-11-9-7-5-3-1/h1-8H,9-23H2/b3-1+,4-2+,7-5+,8-6?. The van der Waals surface area contributed by atoms with Gasteiger partial charge in [0.05, 0.1) is 0 Å². The quantitative estimate of drug-likeness (QED) is 0.424. The van der Waals surface area contributed by atoms with E-state index in [0.29, 0.717) is 0 Å². The Morgan fingerprint density at radius 2 is 0.522 bits per heavy atom. The molecule has 1 aliphatic carbocycles. The van der Waals surface area contributed by atoms with E-state index in [-0.39, 0.29) is 0 Å². The molecule has 0 fully saturated rings. The molecule has 0 aromatic heterocycles. The lowest BCUT2D eigenvalue weighted by molar-refractivity contribution is 0.538. The van der Waals surface area contributed by atoms with E-state index >= 15 is 0 Å². The lowest BCUT2D eigenvalue weighted by Gasteiger charge is -2.02. The molecule has 0 amide bonds. The zero-order chi connectivity index (χ0) is 16.3. The van der Waals surface area contributed by atoms with Gasteiger partial charge in [-0.2, -0.15) is 0 Å². The minimum atomic E-state index is 1.23. The van der Waals surface area contributed by atoms with Crippen molar-refractivity contribution in [1.29, 1.82) is 0 Å². The van der Waals surface area contributed by atoms with Crippen molar-refractivity contribution in [3.8, 4) is 0 Å². The molecular formula is C23H38. The summed E-state index contributed by atoms with van der Waals surface area (Å²) in [7, 11) is 0. The van der Waals surface area contributed by atoms with Gasteiger partial charge >= 0.3 is 0 Å². The molecule has 0 heteroatoms. The van der Waals surface area contributed by atoms with Crippen LogP contribution in [0.1, 0.15) is 96.3 Å². The van der Waals surface area contributed by atoms with Gasteiger partial charge in [-0.05, 0) is 25.7 Å². The molecule has 0 heterocycles. The van der Waals surface area contributed by atoms with E-state index in [2.05, 4.69) is 48.6 Å². The molecule has 23 heavy (non-hydrogen) atoms. The van der Waals surface area contributed by atoms with Crippen LogP contribution >= 0.6 is 0 Å². The summed E-state index contributed by atoms with van der Waals surface area (Å²) >= 11 is 0. The molecule has 130 valence electrons. The molecule has 0 aromatic rings. The van der Waals surface area contributed by atoms with Crippen LogP contribution in [0.5, 0.6) is 0 Å². The highest BCUT2D eigenvalue weighted by molar-refractivity contribution is 5.15. The third-order valence-electron chi connectivity index (χ3n) is 4.57. The van der Waals surface area contributed by atoms with Crippen LogP contribution in [0.15, 0.2) is 48.6 Å². The van der Waals surface area contributed by atoms with E-state index in [1.54, 1.807) is 0 Å². The first-order valence-electron chi connectivity index (χ1n) is 10.1. The summed E-state index contributed by atoms with van der Waals surface area (Å²) in [5.41, 5.74) is 0. The molecule has 0 unspecified atom stereocenters. The van der Waals surface area contributed by atoms with E-state index in [1.807, 2.05) is 0 Å². The van der Waals surface area contributed by atoms with Gasteiger partial charge in [-0.25, -0.2) is 0 Å². The Bertz CT molecular complexity index is 309. The average molecular weight is 315 g/mol. The Labute approximate surface area is 145 Å². The van der Waals surface area contributed by atoms with Crippen molar-refractivity contribution in [3.05, 3.63) is 48.6 Å². The van der Waals surface area contributed by atoms with Gasteiger partial charge in [0.15, 0.2) is 0 Å². The Kier molecular flexibility index (Phi) is 15.1. The number of rotatable bonds is 0. The van der Waals surface area contributed by atoms with Gasteiger partial charge in [-0.15, -0.1) is 0 Å². The van der Waals surface area contributed by atoms with Gasteiger partial charge in [0.1, 0.15) is 0 Å². The zero-order valence-corrected chi connectivity index (χ0v) is 15.2. The Morgan fingerprint density at radius 3 is 0.870 bits per heavy atom. The van der Waals surface area contributed by atoms with Gasteiger partial charge in [0.25, 0.3) is 0 Å². The molecule has 0 saturated carbocycles. The van der Waals surface area contributed by atoms with Crippen LogP contribution in [0.3, 0.4) is 0 Å². The second kappa shape index (κ2) is 17.3. The lowest BCUT2D eigenvalue weighted by atomic mass is 10.0. The summed E-state index contributed by atoms with van der Waals surface area (Å²) in [6.45, 7) is 0. The largest absolute Gasteiger partial charge is 0.0845 e. The third-order valence-corrected chi connectivity index (χ3v) is 4.57. The van der Waals surface area contributed by atoms with Gasteiger partial charge in [-0.3, -0.25) is 0 Å². The fourth-order valence-corrected chi connectivity index (χ4v) is 3.08. The minimum Gasteiger partial charge on any atom is -0.0845 e. The third kappa shape index (κ3) is 15.6. The molecule has 0 radical (unpaired) electrons. The monoisotopic (exact) mass is 314 g/mol. The predicted octanol–water partition coefficient (Wildman–Crippen LogP) is 8.08. The fraction of sp³-hybridized carbons (Fsp3) is 0.652. The number of hydrogen-bond acceptors (Lipinski definition) is 0. The highest BCUT2D eigenvalue weighted by Crippen LogP contribution is 2.13. The summed E-state index contributed by atoms with van der Waals surface area (Å²) in [4.78, 5) is 0. The van der Waals surface area contributed by atoms with Crippen molar-refractivity contribution in [3.63, 3.8) is 0 Å².